The second-order valence-electron chi connectivity index (χ2n) is 5.29. The molecule has 140 valence electrons. The van der Waals surface area contributed by atoms with E-state index >= 15 is 0 Å². The number of hydrogen-bond donors (Lipinski definition) is 2. The maximum absolute atomic E-state index is 10.9. The van der Waals surface area contributed by atoms with E-state index in [1.54, 1.807) is 24.1 Å². The Morgan fingerprint density at radius 2 is 1.82 bits per heavy atom. The standard InChI is InChI=1S/C9H7N7O2S.C5H4N4/c1-15-4-14-7(16(17)18)9(15)19-8-5-6(11-2-10-5)12-3-13-8;1-4-5(8-2-6-1)9-3-7-4/h2-4H,1H3,(H,10,11,12,13);1-3H,(H,6,7,8,9). The lowest BCUT2D eigenvalue weighted by molar-refractivity contribution is -0.392. The maximum atomic E-state index is 10.9. The number of fused-ring (bicyclic) bond motifs is 2. The summed E-state index contributed by atoms with van der Waals surface area (Å²) in [5, 5.41) is 11.9. The molecule has 5 heterocycles. The molecule has 0 fully saturated rings. The van der Waals surface area contributed by atoms with Crippen molar-refractivity contribution in [1.29, 1.82) is 0 Å². The number of nitrogens with zero attached hydrogens (tertiary/aromatic N) is 9. The number of aromatic nitrogens is 10. The number of aryl methyl sites for hydroxylation is 1. The zero-order chi connectivity index (χ0) is 19.5. The van der Waals surface area contributed by atoms with Gasteiger partial charge in [0.05, 0.1) is 18.9 Å². The average molecular weight is 397 g/mol. The number of aromatic amines is 2. The molecule has 5 rings (SSSR count). The van der Waals surface area contributed by atoms with Crippen LogP contribution in [0.15, 0.2) is 47.9 Å². The summed E-state index contributed by atoms with van der Waals surface area (Å²) in [6.45, 7) is 0. The van der Waals surface area contributed by atoms with Gasteiger partial charge >= 0.3 is 5.82 Å². The van der Waals surface area contributed by atoms with Crippen molar-refractivity contribution < 1.29 is 4.92 Å². The van der Waals surface area contributed by atoms with E-state index in [-0.39, 0.29) is 5.82 Å². The van der Waals surface area contributed by atoms with E-state index in [4.69, 9.17) is 0 Å². The summed E-state index contributed by atoms with van der Waals surface area (Å²) in [7, 11) is 1.69. The Morgan fingerprint density at radius 1 is 1.04 bits per heavy atom. The highest BCUT2D eigenvalue weighted by atomic mass is 32.2. The van der Waals surface area contributed by atoms with Crippen LogP contribution < -0.4 is 0 Å². The van der Waals surface area contributed by atoms with E-state index in [1.807, 2.05) is 0 Å². The largest absolute Gasteiger partial charge is 0.396 e. The minimum atomic E-state index is -0.520. The Hall–Kier alpha value is -3.94. The molecule has 5 aromatic heterocycles. The number of nitrogens with one attached hydrogen (secondary N) is 2. The first-order valence-corrected chi connectivity index (χ1v) is 8.52. The Bertz CT molecular complexity index is 1230. The average Bonchev–Trinajstić information content (AvgIpc) is 3.42. The lowest BCUT2D eigenvalue weighted by Crippen LogP contribution is -1.95. The lowest BCUT2D eigenvalue weighted by atomic mass is 10.6. The van der Waals surface area contributed by atoms with Crippen LogP contribution in [0.25, 0.3) is 22.3 Å². The lowest BCUT2D eigenvalue weighted by Gasteiger charge is -2.01. The van der Waals surface area contributed by atoms with Gasteiger partial charge in [-0.05, 0) is 21.7 Å². The topological polar surface area (TPSA) is 170 Å². The number of H-pyrrole nitrogens is 2. The molecule has 13 nitrogen and oxygen atoms in total. The summed E-state index contributed by atoms with van der Waals surface area (Å²) in [6.07, 6.45) is 9.03. The number of nitro groups is 1. The van der Waals surface area contributed by atoms with Crippen LogP contribution >= 0.6 is 11.8 Å². The van der Waals surface area contributed by atoms with Crippen LogP contribution in [0.5, 0.6) is 0 Å². The maximum Gasteiger partial charge on any atom is 0.396 e. The molecular formula is C14H11N11O2S. The minimum absolute atomic E-state index is 0.196. The fourth-order valence-corrected chi connectivity index (χ4v) is 3.20. The van der Waals surface area contributed by atoms with E-state index in [0.29, 0.717) is 26.9 Å². The molecule has 5 aromatic rings. The molecule has 0 atom stereocenters. The van der Waals surface area contributed by atoms with Crippen LogP contribution in [-0.2, 0) is 7.05 Å². The van der Waals surface area contributed by atoms with Gasteiger partial charge in [-0.1, -0.05) is 0 Å². The molecule has 0 saturated carbocycles. The third-order valence-electron chi connectivity index (χ3n) is 3.52. The van der Waals surface area contributed by atoms with Gasteiger partial charge in [-0.25, -0.2) is 29.9 Å². The number of rotatable bonds is 3. The molecule has 0 unspecified atom stereocenters. The first-order valence-electron chi connectivity index (χ1n) is 7.70. The van der Waals surface area contributed by atoms with Crippen molar-refractivity contribution in [3.05, 3.63) is 47.9 Å². The molecule has 0 aliphatic rings. The monoisotopic (exact) mass is 397 g/mol. The Labute approximate surface area is 159 Å². The highest BCUT2D eigenvalue weighted by Gasteiger charge is 2.22. The third-order valence-corrected chi connectivity index (χ3v) is 4.68. The Morgan fingerprint density at radius 3 is 2.64 bits per heavy atom. The summed E-state index contributed by atoms with van der Waals surface area (Å²) >= 11 is 1.15. The summed E-state index contributed by atoms with van der Waals surface area (Å²) in [4.78, 5) is 43.6. The van der Waals surface area contributed by atoms with Gasteiger partial charge in [0, 0.05) is 7.05 Å². The second kappa shape index (κ2) is 7.36. The first-order chi connectivity index (χ1) is 13.6. The molecule has 0 bridgehead atoms. The van der Waals surface area contributed by atoms with Crippen LogP contribution in [0.4, 0.5) is 5.82 Å². The highest BCUT2D eigenvalue weighted by molar-refractivity contribution is 7.99. The quantitative estimate of drug-likeness (QED) is 0.258. The van der Waals surface area contributed by atoms with Gasteiger partial charge in [0.15, 0.2) is 16.3 Å². The summed E-state index contributed by atoms with van der Waals surface area (Å²) in [5.74, 6) is -0.196. The third kappa shape index (κ3) is 3.35. The molecular weight excluding hydrogens is 386 g/mol. The minimum Gasteiger partial charge on any atom is -0.358 e. The molecule has 0 amide bonds. The Kier molecular flexibility index (Phi) is 4.59. The molecule has 14 heteroatoms. The van der Waals surface area contributed by atoms with Crippen molar-refractivity contribution >= 4 is 39.9 Å². The van der Waals surface area contributed by atoms with E-state index in [1.165, 1.54) is 25.3 Å². The molecule has 0 aliphatic carbocycles. The molecule has 0 spiro atoms. The second-order valence-corrected chi connectivity index (χ2v) is 6.26. The summed E-state index contributed by atoms with van der Waals surface area (Å²) < 4.78 is 1.58. The van der Waals surface area contributed by atoms with E-state index in [9.17, 15) is 10.1 Å². The van der Waals surface area contributed by atoms with Gasteiger partial charge < -0.3 is 24.6 Å². The van der Waals surface area contributed by atoms with Crippen LogP contribution in [0.3, 0.4) is 0 Å². The molecule has 0 aromatic carbocycles. The smallest absolute Gasteiger partial charge is 0.358 e. The first kappa shape index (κ1) is 17.5. The summed E-state index contributed by atoms with van der Waals surface area (Å²) in [5.41, 5.74) is 2.74. The molecule has 0 radical (unpaired) electrons. The number of imidazole rings is 3. The van der Waals surface area contributed by atoms with Gasteiger partial charge in [0.25, 0.3) is 0 Å². The molecule has 0 saturated heterocycles. The van der Waals surface area contributed by atoms with E-state index < -0.39 is 4.92 Å². The van der Waals surface area contributed by atoms with Gasteiger partial charge in [-0.15, -0.1) is 0 Å². The van der Waals surface area contributed by atoms with Crippen LogP contribution in [0, 0.1) is 10.1 Å². The molecule has 28 heavy (non-hydrogen) atoms. The van der Waals surface area contributed by atoms with Crippen molar-refractivity contribution in [1.82, 2.24) is 49.4 Å². The normalized spacial score (nSPS) is 10.8. The summed E-state index contributed by atoms with van der Waals surface area (Å²) in [6, 6.07) is 0. The number of hydrogen-bond acceptors (Lipinski definition) is 10. The fraction of sp³-hybridized carbons (Fsp3) is 0.0714. The van der Waals surface area contributed by atoms with Crippen LogP contribution in [0.1, 0.15) is 0 Å². The van der Waals surface area contributed by atoms with Crippen LogP contribution in [0.2, 0.25) is 0 Å². The highest BCUT2D eigenvalue weighted by Crippen LogP contribution is 2.34. The zero-order valence-electron chi connectivity index (χ0n) is 14.2. The fourth-order valence-electron chi connectivity index (χ4n) is 2.25. The van der Waals surface area contributed by atoms with Crippen molar-refractivity contribution in [2.45, 2.75) is 10.1 Å². The van der Waals surface area contributed by atoms with Crippen molar-refractivity contribution in [2.24, 2.45) is 7.05 Å². The van der Waals surface area contributed by atoms with Crippen molar-refractivity contribution in [3.63, 3.8) is 0 Å². The van der Waals surface area contributed by atoms with Gasteiger partial charge in [-0.2, -0.15) is 0 Å². The zero-order valence-corrected chi connectivity index (χ0v) is 15.0. The van der Waals surface area contributed by atoms with Gasteiger partial charge in [0.2, 0.25) is 6.33 Å². The Balaban J connectivity index is 0.000000177. The predicted molar refractivity (Wildman–Crippen MR) is 97.4 cm³/mol. The van der Waals surface area contributed by atoms with Crippen molar-refractivity contribution in [3.8, 4) is 0 Å². The van der Waals surface area contributed by atoms with Crippen molar-refractivity contribution in [2.75, 3.05) is 0 Å². The van der Waals surface area contributed by atoms with Crippen LogP contribution in [-0.4, -0.2) is 54.3 Å². The van der Waals surface area contributed by atoms with E-state index in [2.05, 4.69) is 44.9 Å². The van der Waals surface area contributed by atoms with Gasteiger partial charge in [0.1, 0.15) is 28.7 Å². The van der Waals surface area contributed by atoms with Gasteiger partial charge in [-0.3, -0.25) is 0 Å². The van der Waals surface area contributed by atoms with E-state index in [0.717, 1.165) is 17.3 Å². The predicted octanol–water partition coefficient (Wildman–Crippen LogP) is 1.50. The SMILES string of the molecule is Cn1cnc([N+](=O)[O-])c1Sc1ncnc2nc[nH]c12.c1ncc2[nH]cnc2n1. The molecule has 2 N–H and O–H groups in total. The molecule has 0 aliphatic heterocycles.